The quantitative estimate of drug-likeness (QED) is 0.605. The molecule has 16 heavy (non-hydrogen) atoms. The summed E-state index contributed by atoms with van der Waals surface area (Å²) >= 11 is 0. The van der Waals surface area contributed by atoms with Gasteiger partial charge in [-0.25, -0.2) is 0 Å². The molecule has 3 fully saturated rings. The van der Waals surface area contributed by atoms with Crippen molar-refractivity contribution >= 4 is 5.97 Å². The van der Waals surface area contributed by atoms with Crippen LogP contribution < -0.4 is 0 Å². The second kappa shape index (κ2) is 3.98. The van der Waals surface area contributed by atoms with Gasteiger partial charge in [0.1, 0.15) is 6.10 Å². The number of aliphatic hydroxyl groups excluding tert-OH is 1. The molecule has 4 atom stereocenters. The lowest BCUT2D eigenvalue weighted by molar-refractivity contribution is -0.141. The summed E-state index contributed by atoms with van der Waals surface area (Å²) in [4.78, 5) is 13.5. The molecule has 1 N–H and O–H groups in total. The minimum atomic E-state index is -0.360. The maximum atomic E-state index is 11.2. The molecule has 0 aromatic heterocycles. The minimum absolute atomic E-state index is 0.0599. The molecule has 2 saturated heterocycles. The monoisotopic (exact) mass is 227 g/mol. The molecule has 1 unspecified atom stereocenters. The third kappa shape index (κ3) is 1.63. The van der Waals surface area contributed by atoms with Crippen LogP contribution in [-0.4, -0.2) is 60.5 Å². The van der Waals surface area contributed by atoms with Crippen LogP contribution in [0.2, 0.25) is 0 Å². The summed E-state index contributed by atoms with van der Waals surface area (Å²) < 4.78 is 10.5. The fourth-order valence-electron chi connectivity index (χ4n) is 3.24. The first-order valence-corrected chi connectivity index (χ1v) is 5.95. The Hall–Kier alpha value is -0.650. The fourth-order valence-corrected chi connectivity index (χ4v) is 3.24. The number of esters is 1. The van der Waals surface area contributed by atoms with E-state index in [0.29, 0.717) is 12.8 Å². The van der Waals surface area contributed by atoms with Gasteiger partial charge in [-0.15, -0.1) is 0 Å². The van der Waals surface area contributed by atoms with E-state index in [1.165, 1.54) is 0 Å². The number of rotatable bonds is 1. The largest absolute Gasteiger partial charge is 0.462 e. The summed E-state index contributed by atoms with van der Waals surface area (Å²) in [5.74, 6) is 0.0701. The Labute approximate surface area is 94.3 Å². The van der Waals surface area contributed by atoms with Crippen LogP contribution in [0, 0.1) is 5.92 Å². The smallest absolute Gasteiger partial charge is 0.306 e. The van der Waals surface area contributed by atoms with Crippen LogP contribution in [0.15, 0.2) is 0 Å². The van der Waals surface area contributed by atoms with Crippen molar-refractivity contribution in [2.24, 2.45) is 5.92 Å². The first kappa shape index (κ1) is 10.5. The second-order valence-corrected chi connectivity index (χ2v) is 4.84. The van der Waals surface area contributed by atoms with Crippen molar-refractivity contribution in [3.63, 3.8) is 0 Å². The van der Waals surface area contributed by atoms with Gasteiger partial charge in [0.25, 0.3) is 0 Å². The molecule has 5 heteroatoms. The van der Waals surface area contributed by atoms with E-state index in [2.05, 4.69) is 4.90 Å². The molecule has 3 rings (SSSR count). The maximum Gasteiger partial charge on any atom is 0.306 e. The molecule has 0 bridgehead atoms. The Morgan fingerprint density at radius 3 is 2.81 bits per heavy atom. The highest BCUT2D eigenvalue weighted by Crippen LogP contribution is 2.39. The van der Waals surface area contributed by atoms with Crippen LogP contribution in [-0.2, 0) is 14.3 Å². The second-order valence-electron chi connectivity index (χ2n) is 4.84. The Morgan fingerprint density at radius 1 is 1.31 bits per heavy atom. The van der Waals surface area contributed by atoms with Crippen molar-refractivity contribution < 1.29 is 19.4 Å². The zero-order valence-corrected chi connectivity index (χ0v) is 9.17. The molecule has 0 amide bonds. The van der Waals surface area contributed by atoms with Crippen molar-refractivity contribution in [1.29, 1.82) is 0 Å². The van der Waals surface area contributed by atoms with E-state index in [9.17, 15) is 9.90 Å². The van der Waals surface area contributed by atoms with E-state index in [4.69, 9.17) is 9.47 Å². The van der Waals surface area contributed by atoms with Gasteiger partial charge in [0.2, 0.25) is 0 Å². The van der Waals surface area contributed by atoms with Gasteiger partial charge in [0.15, 0.2) is 0 Å². The van der Waals surface area contributed by atoms with E-state index >= 15 is 0 Å². The zero-order chi connectivity index (χ0) is 11.1. The molecule has 2 heterocycles. The molecule has 0 aromatic carbocycles. The van der Waals surface area contributed by atoms with Crippen LogP contribution in [0.3, 0.4) is 0 Å². The van der Waals surface area contributed by atoms with Crippen LogP contribution >= 0.6 is 0 Å². The van der Waals surface area contributed by atoms with Crippen LogP contribution in [0.1, 0.15) is 12.8 Å². The van der Waals surface area contributed by atoms with Crippen molar-refractivity contribution in [1.82, 2.24) is 4.90 Å². The number of hydrogen-bond acceptors (Lipinski definition) is 5. The van der Waals surface area contributed by atoms with Gasteiger partial charge >= 0.3 is 5.97 Å². The predicted octanol–water partition coefficient (Wildman–Crippen LogP) is -0.617. The predicted molar refractivity (Wildman–Crippen MR) is 54.8 cm³/mol. The number of hydrogen-bond donors (Lipinski definition) is 1. The summed E-state index contributed by atoms with van der Waals surface area (Å²) in [6, 6.07) is 0.0837. The Morgan fingerprint density at radius 2 is 2.06 bits per heavy atom. The summed E-state index contributed by atoms with van der Waals surface area (Å²) in [6.07, 6.45) is 0.638. The van der Waals surface area contributed by atoms with Gasteiger partial charge in [-0.1, -0.05) is 0 Å². The number of fused-ring (bicyclic) bond motifs is 1. The first-order valence-electron chi connectivity index (χ1n) is 5.95. The topological polar surface area (TPSA) is 59.0 Å². The van der Waals surface area contributed by atoms with E-state index in [0.717, 1.165) is 26.3 Å². The number of carbonyl (C=O) groups is 1. The highest BCUT2D eigenvalue weighted by Gasteiger charge is 2.51. The molecule has 1 saturated carbocycles. The molecule has 90 valence electrons. The number of nitrogens with zero attached hydrogens (tertiary/aromatic N) is 1. The van der Waals surface area contributed by atoms with Crippen molar-refractivity contribution in [2.75, 3.05) is 26.3 Å². The fraction of sp³-hybridized carbons (Fsp3) is 0.909. The van der Waals surface area contributed by atoms with Crippen LogP contribution in [0.4, 0.5) is 0 Å². The van der Waals surface area contributed by atoms with Crippen LogP contribution in [0.25, 0.3) is 0 Å². The van der Waals surface area contributed by atoms with Crippen LogP contribution in [0.5, 0.6) is 0 Å². The third-order valence-electron chi connectivity index (χ3n) is 3.94. The highest BCUT2D eigenvalue weighted by molar-refractivity contribution is 5.72. The molecule has 5 nitrogen and oxygen atoms in total. The third-order valence-corrected chi connectivity index (χ3v) is 3.94. The Kier molecular flexibility index (Phi) is 2.61. The van der Waals surface area contributed by atoms with Gasteiger partial charge in [-0.2, -0.15) is 0 Å². The molecular weight excluding hydrogens is 210 g/mol. The summed E-state index contributed by atoms with van der Waals surface area (Å²) in [7, 11) is 0. The number of aliphatic hydroxyl groups is 1. The van der Waals surface area contributed by atoms with Gasteiger partial charge in [0, 0.05) is 31.5 Å². The molecule has 0 radical (unpaired) electrons. The van der Waals surface area contributed by atoms with E-state index in [1.807, 2.05) is 0 Å². The summed E-state index contributed by atoms with van der Waals surface area (Å²) in [6.45, 7) is 3.13. The highest BCUT2D eigenvalue weighted by atomic mass is 16.6. The molecule has 2 aliphatic heterocycles. The van der Waals surface area contributed by atoms with E-state index < -0.39 is 0 Å². The lowest BCUT2D eigenvalue weighted by atomic mass is 9.97. The molecule has 3 aliphatic rings. The van der Waals surface area contributed by atoms with Gasteiger partial charge in [0.05, 0.1) is 25.7 Å². The van der Waals surface area contributed by atoms with E-state index in [-0.39, 0.29) is 30.1 Å². The number of ether oxygens (including phenoxy) is 2. The number of morpholine rings is 1. The van der Waals surface area contributed by atoms with Crippen molar-refractivity contribution in [2.45, 2.75) is 31.1 Å². The zero-order valence-electron chi connectivity index (χ0n) is 9.17. The van der Waals surface area contributed by atoms with Gasteiger partial charge in [-0.3, -0.25) is 9.69 Å². The average molecular weight is 227 g/mol. The SMILES string of the molecule is O=C1C[C@@H]2C(N3CCOCC3)[C@@H](O)C[C@@H]2O1. The molecular formula is C11H17NO4. The lowest BCUT2D eigenvalue weighted by Gasteiger charge is -2.36. The Bertz CT molecular complexity index is 290. The number of carbonyl (C=O) groups excluding carboxylic acids is 1. The normalized spacial score (nSPS) is 44.4. The molecule has 0 spiro atoms. The first-order chi connectivity index (χ1) is 7.75. The van der Waals surface area contributed by atoms with Crippen molar-refractivity contribution in [3.05, 3.63) is 0 Å². The standard InChI is InChI=1S/C11H17NO4/c13-8-6-9-7(5-10(14)16-9)11(8)12-1-3-15-4-2-12/h7-9,11,13H,1-6H2/t7-,8-,9-,11?/m0/s1. The van der Waals surface area contributed by atoms with E-state index in [1.54, 1.807) is 0 Å². The summed E-state index contributed by atoms with van der Waals surface area (Å²) in [5, 5.41) is 10.1. The van der Waals surface area contributed by atoms with Gasteiger partial charge in [-0.05, 0) is 0 Å². The maximum absolute atomic E-state index is 11.2. The average Bonchev–Trinajstić information content (AvgIpc) is 2.74. The molecule has 1 aliphatic carbocycles. The molecule has 0 aromatic rings. The minimum Gasteiger partial charge on any atom is -0.462 e. The summed E-state index contributed by atoms with van der Waals surface area (Å²) in [5.41, 5.74) is 0. The Balaban J connectivity index is 1.74. The lowest BCUT2D eigenvalue weighted by Crippen LogP contribution is -2.49. The van der Waals surface area contributed by atoms with Crippen molar-refractivity contribution in [3.8, 4) is 0 Å². The van der Waals surface area contributed by atoms with Gasteiger partial charge < -0.3 is 14.6 Å².